The Balaban J connectivity index is 1.54. The van der Waals surface area contributed by atoms with Crippen LogP contribution in [0.3, 0.4) is 0 Å². The summed E-state index contributed by atoms with van der Waals surface area (Å²) in [6.45, 7) is 5.89. The van der Waals surface area contributed by atoms with Gasteiger partial charge in [0.05, 0.1) is 17.6 Å². The maximum absolute atomic E-state index is 12.7. The average molecular weight is 500 g/mol. The van der Waals surface area contributed by atoms with Crippen molar-refractivity contribution in [1.29, 1.82) is 0 Å². The summed E-state index contributed by atoms with van der Waals surface area (Å²) < 4.78 is 38.7. The van der Waals surface area contributed by atoms with Gasteiger partial charge < -0.3 is 9.47 Å². The summed E-state index contributed by atoms with van der Waals surface area (Å²) >= 11 is 1.54. The monoisotopic (exact) mass is 499 g/mol. The Morgan fingerprint density at radius 3 is 2.18 bits per heavy atom. The Morgan fingerprint density at radius 2 is 1.59 bits per heavy atom. The highest BCUT2D eigenvalue weighted by Gasteiger charge is 2.20. The summed E-state index contributed by atoms with van der Waals surface area (Å²) in [5.41, 5.74) is 2.92. The van der Waals surface area contributed by atoms with Crippen LogP contribution in [-0.2, 0) is 21.2 Å². The molecular weight excluding hydrogens is 470 g/mol. The van der Waals surface area contributed by atoms with E-state index in [0.717, 1.165) is 22.8 Å². The van der Waals surface area contributed by atoms with E-state index in [4.69, 9.17) is 9.47 Å². The van der Waals surface area contributed by atoms with Crippen LogP contribution in [0.15, 0.2) is 70.5 Å². The van der Waals surface area contributed by atoms with Crippen LogP contribution >= 0.6 is 11.8 Å². The first-order valence-electron chi connectivity index (χ1n) is 10.9. The van der Waals surface area contributed by atoms with Crippen molar-refractivity contribution in [2.45, 2.75) is 37.0 Å². The van der Waals surface area contributed by atoms with Crippen molar-refractivity contribution in [3.63, 3.8) is 0 Å². The zero-order chi connectivity index (χ0) is 24.7. The number of carbonyl (C=O) groups is 1. The van der Waals surface area contributed by atoms with Crippen LogP contribution in [0.4, 0.5) is 0 Å². The largest absolute Gasteiger partial charge is 0.465 e. The minimum absolute atomic E-state index is 0.0504. The lowest BCUT2D eigenvalue weighted by molar-refractivity contribution is 0.0599. The van der Waals surface area contributed by atoms with Gasteiger partial charge in [-0.25, -0.2) is 17.9 Å². The number of nitrogens with one attached hydrogen (secondary N) is 1. The van der Waals surface area contributed by atoms with E-state index in [2.05, 4.69) is 23.8 Å². The molecule has 0 aliphatic heterocycles. The molecule has 3 aromatic rings. The summed E-state index contributed by atoms with van der Waals surface area (Å²) in [5.74, 6) is 1.52. The molecule has 0 fully saturated rings. The fraction of sp³-hybridized carbons (Fsp3) is 0.269. The molecule has 0 amide bonds. The van der Waals surface area contributed by atoms with Crippen molar-refractivity contribution in [3.8, 4) is 11.5 Å². The third-order valence-electron chi connectivity index (χ3n) is 5.41. The number of carbonyl (C=O) groups excluding carboxylic acids is 1. The van der Waals surface area contributed by atoms with Gasteiger partial charge >= 0.3 is 5.97 Å². The normalized spacial score (nSPS) is 11.3. The fourth-order valence-corrected chi connectivity index (χ4v) is 5.30. The first-order valence-corrected chi connectivity index (χ1v) is 13.4. The van der Waals surface area contributed by atoms with E-state index in [0.29, 0.717) is 16.9 Å². The van der Waals surface area contributed by atoms with E-state index in [9.17, 15) is 13.2 Å². The summed E-state index contributed by atoms with van der Waals surface area (Å²) in [6.07, 6.45) is 0.988. The third kappa shape index (κ3) is 6.62. The van der Waals surface area contributed by atoms with Crippen LogP contribution in [0.25, 0.3) is 0 Å². The van der Waals surface area contributed by atoms with Gasteiger partial charge in [-0.1, -0.05) is 19.1 Å². The molecule has 0 unspecified atom stereocenters. The second kappa shape index (κ2) is 11.6. The number of methoxy groups -OCH3 is 1. The number of hydrogen-bond acceptors (Lipinski definition) is 6. The Morgan fingerprint density at radius 1 is 0.971 bits per heavy atom. The van der Waals surface area contributed by atoms with E-state index >= 15 is 0 Å². The summed E-state index contributed by atoms with van der Waals surface area (Å²) in [4.78, 5) is 13.0. The first-order chi connectivity index (χ1) is 16.2. The lowest BCUT2D eigenvalue weighted by Gasteiger charge is -2.12. The molecule has 34 heavy (non-hydrogen) atoms. The SMILES string of the molecule is CCc1ccc(Oc2ccc(SCCNS(=O)(=O)c3cc(C)c(C)c(C(=O)OC)c3)cc2)cc1. The molecule has 0 saturated carbocycles. The predicted octanol–water partition coefficient (Wildman–Crippen LogP) is 5.52. The molecule has 0 aliphatic rings. The molecular formula is C26H29NO5S2. The van der Waals surface area contributed by atoms with E-state index in [1.54, 1.807) is 19.9 Å². The van der Waals surface area contributed by atoms with Gasteiger partial charge in [-0.15, -0.1) is 11.8 Å². The molecule has 6 nitrogen and oxygen atoms in total. The lowest BCUT2D eigenvalue weighted by Crippen LogP contribution is -2.26. The number of esters is 1. The molecule has 0 heterocycles. The molecule has 3 rings (SSSR count). The number of aryl methyl sites for hydroxylation is 2. The number of rotatable bonds is 10. The van der Waals surface area contributed by atoms with Crippen LogP contribution in [-0.4, -0.2) is 33.8 Å². The van der Waals surface area contributed by atoms with E-state index < -0.39 is 16.0 Å². The maximum atomic E-state index is 12.7. The summed E-state index contributed by atoms with van der Waals surface area (Å²) in [5, 5.41) is 0. The molecule has 3 aromatic carbocycles. The topological polar surface area (TPSA) is 81.7 Å². The van der Waals surface area contributed by atoms with Crippen LogP contribution in [0.2, 0.25) is 0 Å². The maximum Gasteiger partial charge on any atom is 0.338 e. The van der Waals surface area contributed by atoms with Gasteiger partial charge in [0.25, 0.3) is 0 Å². The molecule has 0 aromatic heterocycles. The van der Waals surface area contributed by atoms with Gasteiger partial charge in [0.2, 0.25) is 10.0 Å². The highest BCUT2D eigenvalue weighted by Crippen LogP contribution is 2.26. The van der Waals surface area contributed by atoms with Crippen molar-refractivity contribution in [1.82, 2.24) is 4.72 Å². The first kappa shape index (κ1) is 25.8. The van der Waals surface area contributed by atoms with Gasteiger partial charge in [0, 0.05) is 17.2 Å². The molecule has 0 aliphatic carbocycles. The van der Waals surface area contributed by atoms with Crippen LogP contribution in [0.1, 0.15) is 34.0 Å². The second-order valence-corrected chi connectivity index (χ2v) is 10.7. The van der Waals surface area contributed by atoms with Crippen molar-refractivity contribution >= 4 is 27.8 Å². The molecule has 180 valence electrons. The fourth-order valence-electron chi connectivity index (χ4n) is 3.26. The summed E-state index contributed by atoms with van der Waals surface area (Å²) in [6, 6.07) is 18.6. The molecule has 0 radical (unpaired) electrons. The standard InChI is InChI=1S/C26H29NO5S2/c1-5-20-6-8-21(9-7-20)32-22-10-12-23(13-11-22)33-15-14-27-34(29,30)24-16-18(2)19(3)25(17-24)26(28)31-4/h6-13,16-17,27H,5,14-15H2,1-4H3. The second-order valence-electron chi connectivity index (χ2n) is 7.72. The van der Waals surface area contributed by atoms with Gasteiger partial charge in [-0.2, -0.15) is 0 Å². The van der Waals surface area contributed by atoms with Gasteiger partial charge in [0.1, 0.15) is 11.5 Å². The number of benzene rings is 3. The molecule has 0 atom stereocenters. The highest BCUT2D eigenvalue weighted by atomic mass is 32.2. The number of sulfonamides is 1. The molecule has 0 spiro atoms. The molecule has 0 bridgehead atoms. The highest BCUT2D eigenvalue weighted by molar-refractivity contribution is 7.99. The van der Waals surface area contributed by atoms with Crippen LogP contribution < -0.4 is 9.46 Å². The zero-order valence-corrected chi connectivity index (χ0v) is 21.4. The molecule has 0 saturated heterocycles. The summed E-state index contributed by atoms with van der Waals surface area (Å²) in [7, 11) is -2.48. The predicted molar refractivity (Wildman–Crippen MR) is 136 cm³/mol. The third-order valence-corrected chi connectivity index (χ3v) is 7.86. The Kier molecular flexibility index (Phi) is 8.77. The van der Waals surface area contributed by atoms with Crippen molar-refractivity contribution < 1.29 is 22.7 Å². The minimum Gasteiger partial charge on any atom is -0.465 e. The number of hydrogen-bond donors (Lipinski definition) is 1. The van der Waals surface area contributed by atoms with E-state index in [1.165, 1.54) is 30.5 Å². The van der Waals surface area contributed by atoms with E-state index in [-0.39, 0.29) is 17.0 Å². The number of thioether (sulfide) groups is 1. The lowest BCUT2D eigenvalue weighted by atomic mass is 10.0. The Labute approximate surface area is 205 Å². The number of ether oxygens (including phenoxy) is 2. The van der Waals surface area contributed by atoms with Crippen LogP contribution in [0.5, 0.6) is 11.5 Å². The smallest absolute Gasteiger partial charge is 0.338 e. The quantitative estimate of drug-likeness (QED) is 0.225. The van der Waals surface area contributed by atoms with E-state index in [1.807, 2.05) is 36.4 Å². The zero-order valence-electron chi connectivity index (χ0n) is 19.8. The Hall–Kier alpha value is -2.81. The van der Waals surface area contributed by atoms with Crippen LogP contribution in [0, 0.1) is 13.8 Å². The van der Waals surface area contributed by atoms with Crippen molar-refractivity contribution in [3.05, 3.63) is 82.9 Å². The van der Waals surface area contributed by atoms with Crippen molar-refractivity contribution in [2.75, 3.05) is 19.4 Å². The Bertz CT molecular complexity index is 1240. The van der Waals surface area contributed by atoms with Gasteiger partial charge in [-0.3, -0.25) is 0 Å². The molecule has 8 heteroatoms. The van der Waals surface area contributed by atoms with Gasteiger partial charge in [0.15, 0.2) is 0 Å². The molecule has 1 N–H and O–H groups in total. The van der Waals surface area contributed by atoms with Gasteiger partial charge in [-0.05, 0) is 85.5 Å². The van der Waals surface area contributed by atoms with Crippen molar-refractivity contribution in [2.24, 2.45) is 0 Å². The average Bonchev–Trinajstić information content (AvgIpc) is 2.84. The minimum atomic E-state index is -3.76.